The number of nitriles is 1. The average Bonchev–Trinajstić information content (AvgIpc) is 2.33. The van der Waals surface area contributed by atoms with E-state index in [1.165, 1.54) is 16.4 Å². The van der Waals surface area contributed by atoms with Crippen LogP contribution in [0.3, 0.4) is 0 Å². The largest absolute Gasteiger partial charge is 0.243 e. The standard InChI is InChI=1S/C12H15FN2O2S/c1-3-15(8-4-7-14)18(16,17)12-9-11(13)6-5-10(12)2/h5-6,9H,3-4,8H2,1-2H3. The number of benzene rings is 1. The van der Waals surface area contributed by atoms with Crippen LogP contribution in [-0.2, 0) is 10.0 Å². The van der Waals surface area contributed by atoms with Gasteiger partial charge in [0, 0.05) is 19.5 Å². The van der Waals surface area contributed by atoms with Crippen molar-refractivity contribution in [2.24, 2.45) is 0 Å². The van der Waals surface area contributed by atoms with Crippen LogP contribution in [0.15, 0.2) is 23.1 Å². The smallest absolute Gasteiger partial charge is 0.207 e. The van der Waals surface area contributed by atoms with Crippen molar-refractivity contribution in [1.29, 1.82) is 5.26 Å². The lowest BCUT2D eigenvalue weighted by Crippen LogP contribution is -2.32. The number of rotatable bonds is 5. The Morgan fingerprint density at radius 3 is 2.67 bits per heavy atom. The number of aryl methyl sites for hydroxylation is 1. The maximum absolute atomic E-state index is 13.2. The Morgan fingerprint density at radius 1 is 1.44 bits per heavy atom. The number of hydrogen-bond donors (Lipinski definition) is 0. The van der Waals surface area contributed by atoms with Gasteiger partial charge in [-0.05, 0) is 24.6 Å². The predicted molar refractivity (Wildman–Crippen MR) is 65.8 cm³/mol. The molecule has 0 amide bonds. The van der Waals surface area contributed by atoms with Gasteiger partial charge in [0.15, 0.2) is 0 Å². The SMILES string of the molecule is CCN(CCC#N)S(=O)(=O)c1cc(F)ccc1C. The van der Waals surface area contributed by atoms with Gasteiger partial charge >= 0.3 is 0 Å². The van der Waals surface area contributed by atoms with E-state index in [0.29, 0.717) is 5.56 Å². The summed E-state index contributed by atoms with van der Waals surface area (Å²) in [6, 6.07) is 5.57. The first-order valence-electron chi connectivity index (χ1n) is 5.56. The zero-order valence-electron chi connectivity index (χ0n) is 10.4. The molecule has 1 rings (SSSR count). The highest BCUT2D eigenvalue weighted by atomic mass is 32.2. The predicted octanol–water partition coefficient (Wildman–Crippen LogP) is 2.06. The van der Waals surface area contributed by atoms with Gasteiger partial charge in [0.25, 0.3) is 0 Å². The van der Waals surface area contributed by atoms with Gasteiger partial charge in [-0.25, -0.2) is 12.8 Å². The number of hydrogen-bond acceptors (Lipinski definition) is 3. The average molecular weight is 270 g/mol. The van der Waals surface area contributed by atoms with Gasteiger partial charge in [0.05, 0.1) is 11.0 Å². The molecule has 0 heterocycles. The first-order valence-corrected chi connectivity index (χ1v) is 7.00. The van der Waals surface area contributed by atoms with E-state index in [4.69, 9.17) is 5.26 Å². The topological polar surface area (TPSA) is 61.2 Å². The minimum absolute atomic E-state index is 0.0395. The molecule has 0 aliphatic heterocycles. The molecule has 1 aromatic rings. The van der Waals surface area contributed by atoms with Crippen LogP contribution in [-0.4, -0.2) is 25.8 Å². The maximum Gasteiger partial charge on any atom is 0.243 e. The third kappa shape index (κ3) is 3.06. The zero-order chi connectivity index (χ0) is 13.8. The molecule has 0 aliphatic rings. The lowest BCUT2D eigenvalue weighted by atomic mass is 10.2. The molecule has 0 saturated carbocycles. The summed E-state index contributed by atoms with van der Waals surface area (Å²) in [4.78, 5) is -0.0395. The molecule has 0 aliphatic carbocycles. The van der Waals surface area contributed by atoms with Crippen molar-refractivity contribution in [3.8, 4) is 6.07 Å². The molecule has 0 bridgehead atoms. The summed E-state index contributed by atoms with van der Waals surface area (Å²) in [7, 11) is -3.73. The summed E-state index contributed by atoms with van der Waals surface area (Å²) >= 11 is 0. The van der Waals surface area contributed by atoms with E-state index >= 15 is 0 Å². The van der Waals surface area contributed by atoms with Crippen LogP contribution in [0.1, 0.15) is 18.9 Å². The fraction of sp³-hybridized carbons (Fsp3) is 0.417. The minimum atomic E-state index is -3.73. The van der Waals surface area contributed by atoms with E-state index in [0.717, 1.165) is 6.07 Å². The fourth-order valence-corrected chi connectivity index (χ4v) is 3.30. The summed E-state index contributed by atoms with van der Waals surface area (Å²) in [5, 5.41) is 8.51. The van der Waals surface area contributed by atoms with E-state index < -0.39 is 15.8 Å². The van der Waals surface area contributed by atoms with Gasteiger partial charge in [-0.2, -0.15) is 9.57 Å². The zero-order valence-corrected chi connectivity index (χ0v) is 11.2. The Hall–Kier alpha value is -1.45. The molecular weight excluding hydrogens is 255 g/mol. The van der Waals surface area contributed by atoms with E-state index in [1.54, 1.807) is 13.8 Å². The summed E-state index contributed by atoms with van der Waals surface area (Å²) < 4.78 is 38.9. The second kappa shape index (κ2) is 5.94. The van der Waals surface area contributed by atoms with Crippen LogP contribution in [0, 0.1) is 24.1 Å². The van der Waals surface area contributed by atoms with Gasteiger partial charge in [-0.1, -0.05) is 13.0 Å². The Balaban J connectivity index is 3.19. The monoisotopic (exact) mass is 270 g/mol. The molecular formula is C12H15FN2O2S. The van der Waals surface area contributed by atoms with Crippen molar-refractivity contribution in [3.63, 3.8) is 0 Å². The van der Waals surface area contributed by atoms with Crippen LogP contribution in [0.25, 0.3) is 0 Å². The van der Waals surface area contributed by atoms with Gasteiger partial charge in [0.1, 0.15) is 5.82 Å². The maximum atomic E-state index is 13.2. The molecule has 0 atom stereocenters. The van der Waals surface area contributed by atoms with Gasteiger partial charge in [-0.15, -0.1) is 0 Å². The Bertz CT molecular complexity index is 564. The van der Waals surface area contributed by atoms with Gasteiger partial charge < -0.3 is 0 Å². The second-order valence-corrected chi connectivity index (χ2v) is 5.72. The van der Waals surface area contributed by atoms with Gasteiger partial charge in [-0.3, -0.25) is 0 Å². The summed E-state index contributed by atoms with van der Waals surface area (Å²) in [5.74, 6) is -0.587. The molecule has 18 heavy (non-hydrogen) atoms. The van der Waals surface area contributed by atoms with Crippen LogP contribution in [0.4, 0.5) is 4.39 Å². The number of nitrogens with zero attached hydrogens (tertiary/aromatic N) is 2. The molecule has 98 valence electrons. The van der Waals surface area contributed by atoms with E-state index in [9.17, 15) is 12.8 Å². The molecule has 6 heteroatoms. The molecule has 0 unspecified atom stereocenters. The third-order valence-corrected chi connectivity index (χ3v) is 4.71. The fourth-order valence-electron chi connectivity index (χ4n) is 1.61. The molecule has 1 aromatic carbocycles. The van der Waals surface area contributed by atoms with Crippen molar-refractivity contribution in [3.05, 3.63) is 29.6 Å². The molecule has 0 radical (unpaired) electrons. The molecule has 0 N–H and O–H groups in total. The van der Waals surface area contributed by atoms with E-state index in [2.05, 4.69) is 0 Å². The highest BCUT2D eigenvalue weighted by molar-refractivity contribution is 7.89. The molecule has 0 saturated heterocycles. The van der Waals surface area contributed by atoms with Crippen molar-refractivity contribution in [2.45, 2.75) is 25.2 Å². The van der Waals surface area contributed by atoms with Crippen LogP contribution in [0.5, 0.6) is 0 Å². The summed E-state index contributed by atoms with van der Waals surface area (Å²) in [6.07, 6.45) is 0.113. The van der Waals surface area contributed by atoms with Gasteiger partial charge in [0.2, 0.25) is 10.0 Å². The second-order valence-electron chi connectivity index (χ2n) is 3.81. The summed E-state index contributed by atoms with van der Waals surface area (Å²) in [5.41, 5.74) is 0.492. The van der Waals surface area contributed by atoms with Crippen molar-refractivity contribution < 1.29 is 12.8 Å². The van der Waals surface area contributed by atoms with Crippen LogP contribution in [0.2, 0.25) is 0 Å². The molecule has 0 fully saturated rings. The Kier molecular flexibility index (Phi) is 4.82. The highest BCUT2D eigenvalue weighted by Crippen LogP contribution is 2.20. The van der Waals surface area contributed by atoms with E-state index in [1.807, 2.05) is 6.07 Å². The van der Waals surface area contributed by atoms with Crippen molar-refractivity contribution in [1.82, 2.24) is 4.31 Å². The summed E-state index contributed by atoms with van der Waals surface area (Å²) in [6.45, 7) is 3.67. The van der Waals surface area contributed by atoms with Crippen LogP contribution >= 0.6 is 0 Å². The lowest BCUT2D eigenvalue weighted by Gasteiger charge is -2.20. The molecule has 0 aromatic heterocycles. The molecule has 4 nitrogen and oxygen atoms in total. The first-order chi connectivity index (χ1) is 8.43. The third-order valence-electron chi connectivity index (χ3n) is 2.59. The number of halogens is 1. The minimum Gasteiger partial charge on any atom is -0.207 e. The normalized spacial score (nSPS) is 11.5. The number of sulfonamides is 1. The van der Waals surface area contributed by atoms with Crippen LogP contribution < -0.4 is 0 Å². The Morgan fingerprint density at radius 2 is 2.11 bits per heavy atom. The lowest BCUT2D eigenvalue weighted by molar-refractivity contribution is 0.434. The van der Waals surface area contributed by atoms with E-state index in [-0.39, 0.29) is 24.4 Å². The quantitative estimate of drug-likeness (QED) is 0.822. The first kappa shape index (κ1) is 14.6. The van der Waals surface area contributed by atoms with Crippen molar-refractivity contribution >= 4 is 10.0 Å². The Labute approximate surface area is 107 Å². The van der Waals surface area contributed by atoms with Crippen molar-refractivity contribution in [2.75, 3.05) is 13.1 Å². The molecule has 0 spiro atoms. The highest BCUT2D eigenvalue weighted by Gasteiger charge is 2.24.